The van der Waals surface area contributed by atoms with Gasteiger partial charge in [-0.1, -0.05) is 12.1 Å². The largest absolute Gasteiger partial charge is 0.462 e. The maximum atomic E-state index is 12.2. The molecular weight excluding hydrogens is 350 g/mol. The van der Waals surface area contributed by atoms with Gasteiger partial charge in [-0.2, -0.15) is 0 Å². The van der Waals surface area contributed by atoms with Crippen molar-refractivity contribution < 1.29 is 14.0 Å². The Hall–Kier alpha value is -2.93. The molecule has 6 nitrogen and oxygen atoms in total. The topological polar surface area (TPSA) is 84.2 Å². The zero-order valence-electron chi connectivity index (χ0n) is 13.9. The zero-order chi connectivity index (χ0) is 17.9. The molecule has 2 heterocycles. The number of furan rings is 1. The maximum Gasteiger partial charge on any atom is 0.271 e. The summed E-state index contributed by atoms with van der Waals surface area (Å²) in [6, 6.07) is 11.2. The molecule has 26 heavy (non-hydrogen) atoms. The number of amides is 2. The molecule has 0 spiro atoms. The number of nitrogens with one attached hydrogen (secondary N) is 2. The van der Waals surface area contributed by atoms with Crippen molar-refractivity contribution in [3.05, 3.63) is 64.9 Å². The number of hydrogen-bond donors (Lipinski definition) is 2. The fourth-order valence-electron chi connectivity index (χ4n) is 2.43. The molecule has 132 valence electrons. The molecule has 2 aromatic heterocycles. The van der Waals surface area contributed by atoms with Crippen LogP contribution in [0.15, 0.2) is 52.5 Å². The summed E-state index contributed by atoms with van der Waals surface area (Å²) < 4.78 is 5.28. The summed E-state index contributed by atoms with van der Waals surface area (Å²) in [6.07, 6.45) is 3.70. The minimum atomic E-state index is -0.241. The summed E-state index contributed by atoms with van der Waals surface area (Å²) in [6.45, 7) is 0.372. The Bertz CT molecular complexity index is 912. The zero-order valence-corrected chi connectivity index (χ0v) is 14.7. The molecule has 2 amide bonds. The molecule has 4 rings (SSSR count). The lowest BCUT2D eigenvalue weighted by atomic mass is 10.1. The Labute approximate surface area is 154 Å². The summed E-state index contributed by atoms with van der Waals surface area (Å²) >= 11 is 1.36. The fraction of sp³-hybridized carbons (Fsp3) is 0.211. The average molecular weight is 367 g/mol. The molecule has 0 radical (unpaired) electrons. The number of carbonyl (C=O) groups is 2. The van der Waals surface area contributed by atoms with E-state index in [4.69, 9.17) is 4.42 Å². The van der Waals surface area contributed by atoms with Crippen molar-refractivity contribution in [3.63, 3.8) is 0 Å². The molecule has 1 saturated carbocycles. The normalized spacial score (nSPS) is 13.4. The third kappa shape index (κ3) is 3.83. The maximum absolute atomic E-state index is 12.2. The lowest BCUT2D eigenvalue weighted by Gasteiger charge is -2.06. The molecular formula is C19H17N3O3S. The number of nitrogens with zero attached hydrogens (tertiary/aromatic N) is 1. The van der Waals surface area contributed by atoms with E-state index in [0.29, 0.717) is 34.6 Å². The van der Waals surface area contributed by atoms with E-state index in [1.165, 1.54) is 11.3 Å². The van der Waals surface area contributed by atoms with Gasteiger partial charge in [0.1, 0.15) is 5.69 Å². The first-order valence-electron chi connectivity index (χ1n) is 8.36. The second kappa shape index (κ2) is 7.13. The minimum Gasteiger partial charge on any atom is -0.462 e. The summed E-state index contributed by atoms with van der Waals surface area (Å²) in [5.41, 5.74) is 1.92. The number of aromatic nitrogens is 1. The van der Waals surface area contributed by atoms with Gasteiger partial charge >= 0.3 is 0 Å². The summed E-state index contributed by atoms with van der Waals surface area (Å²) in [4.78, 5) is 28.5. The van der Waals surface area contributed by atoms with E-state index in [-0.39, 0.29) is 11.8 Å². The molecule has 0 atom stereocenters. The van der Waals surface area contributed by atoms with Crippen LogP contribution in [0.5, 0.6) is 0 Å². The minimum absolute atomic E-state index is 0.0454. The summed E-state index contributed by atoms with van der Waals surface area (Å²) in [5.74, 6) is 0.361. The van der Waals surface area contributed by atoms with Crippen LogP contribution in [0.3, 0.4) is 0 Å². The Morgan fingerprint density at radius 3 is 2.65 bits per heavy atom. The van der Waals surface area contributed by atoms with E-state index in [0.717, 1.165) is 18.4 Å². The van der Waals surface area contributed by atoms with Gasteiger partial charge in [0, 0.05) is 23.5 Å². The number of thiazole rings is 1. The van der Waals surface area contributed by atoms with E-state index in [1.807, 2.05) is 12.1 Å². The van der Waals surface area contributed by atoms with Crippen molar-refractivity contribution in [3.8, 4) is 10.8 Å². The van der Waals surface area contributed by atoms with E-state index in [9.17, 15) is 9.59 Å². The van der Waals surface area contributed by atoms with E-state index >= 15 is 0 Å². The third-order valence-electron chi connectivity index (χ3n) is 4.05. The average Bonchev–Trinajstić information content (AvgIpc) is 3.14. The van der Waals surface area contributed by atoms with Gasteiger partial charge < -0.3 is 15.1 Å². The standard InChI is InChI=1S/C19H17N3O3S/c23-17(21-14-7-8-14)13-5-3-12(4-6-13)10-20-18(24)15-11-26-19(22-15)16-2-1-9-25-16/h1-6,9,11,14H,7-8,10H2,(H,20,24)(H,21,23). The van der Waals surface area contributed by atoms with Gasteiger partial charge in [-0.3, -0.25) is 9.59 Å². The second-order valence-electron chi connectivity index (χ2n) is 6.14. The predicted octanol–water partition coefficient (Wildman–Crippen LogP) is 3.23. The van der Waals surface area contributed by atoms with Gasteiger partial charge in [0.25, 0.3) is 11.8 Å². The Kier molecular flexibility index (Phi) is 4.53. The van der Waals surface area contributed by atoms with Crippen LogP contribution in [-0.2, 0) is 6.54 Å². The number of rotatable bonds is 6. The predicted molar refractivity (Wildman–Crippen MR) is 97.9 cm³/mol. The van der Waals surface area contributed by atoms with Gasteiger partial charge in [-0.05, 0) is 42.7 Å². The van der Waals surface area contributed by atoms with E-state index in [1.54, 1.807) is 35.9 Å². The quantitative estimate of drug-likeness (QED) is 0.701. The molecule has 1 fully saturated rings. The lowest BCUT2D eigenvalue weighted by molar-refractivity contribution is 0.0939. The van der Waals surface area contributed by atoms with Crippen molar-refractivity contribution in [2.24, 2.45) is 0 Å². The van der Waals surface area contributed by atoms with Crippen LogP contribution in [-0.4, -0.2) is 22.8 Å². The summed E-state index contributed by atoms with van der Waals surface area (Å²) in [7, 11) is 0. The highest BCUT2D eigenvalue weighted by atomic mass is 32.1. The van der Waals surface area contributed by atoms with Crippen LogP contribution in [0.1, 0.15) is 39.3 Å². The van der Waals surface area contributed by atoms with Crippen LogP contribution in [0.2, 0.25) is 0 Å². The highest BCUT2D eigenvalue weighted by molar-refractivity contribution is 7.13. The third-order valence-corrected chi connectivity index (χ3v) is 4.91. The van der Waals surface area contributed by atoms with Crippen molar-refractivity contribution in [2.75, 3.05) is 0 Å². The molecule has 7 heteroatoms. The van der Waals surface area contributed by atoms with Crippen LogP contribution in [0.25, 0.3) is 10.8 Å². The lowest BCUT2D eigenvalue weighted by Crippen LogP contribution is -2.25. The van der Waals surface area contributed by atoms with Crippen molar-refractivity contribution in [2.45, 2.75) is 25.4 Å². The highest BCUT2D eigenvalue weighted by Gasteiger charge is 2.23. The molecule has 1 aliphatic carbocycles. The number of benzene rings is 1. The Balaban J connectivity index is 1.33. The van der Waals surface area contributed by atoms with E-state index < -0.39 is 0 Å². The highest BCUT2D eigenvalue weighted by Crippen LogP contribution is 2.24. The van der Waals surface area contributed by atoms with Crippen molar-refractivity contribution >= 4 is 23.2 Å². The van der Waals surface area contributed by atoms with Gasteiger partial charge in [0.15, 0.2) is 10.8 Å². The van der Waals surface area contributed by atoms with Crippen LogP contribution < -0.4 is 10.6 Å². The first-order valence-corrected chi connectivity index (χ1v) is 9.24. The van der Waals surface area contributed by atoms with Gasteiger partial charge in [-0.15, -0.1) is 11.3 Å². The Morgan fingerprint density at radius 2 is 1.96 bits per heavy atom. The van der Waals surface area contributed by atoms with Crippen LogP contribution in [0.4, 0.5) is 0 Å². The smallest absolute Gasteiger partial charge is 0.271 e. The molecule has 1 aromatic carbocycles. The van der Waals surface area contributed by atoms with Crippen molar-refractivity contribution in [1.29, 1.82) is 0 Å². The molecule has 2 N–H and O–H groups in total. The second-order valence-corrected chi connectivity index (χ2v) is 7.00. The van der Waals surface area contributed by atoms with Gasteiger partial charge in [0.05, 0.1) is 6.26 Å². The first-order chi connectivity index (χ1) is 12.7. The number of carbonyl (C=O) groups excluding carboxylic acids is 2. The van der Waals surface area contributed by atoms with Gasteiger partial charge in [-0.25, -0.2) is 4.98 Å². The SMILES string of the molecule is O=C(NC1CC1)c1ccc(CNC(=O)c2csc(-c3ccco3)n2)cc1. The number of hydrogen-bond acceptors (Lipinski definition) is 5. The molecule has 0 saturated heterocycles. The molecule has 3 aromatic rings. The summed E-state index contributed by atoms with van der Waals surface area (Å²) in [5, 5.41) is 8.17. The molecule has 0 unspecified atom stereocenters. The Morgan fingerprint density at radius 1 is 1.15 bits per heavy atom. The molecule has 1 aliphatic rings. The monoisotopic (exact) mass is 367 g/mol. The van der Waals surface area contributed by atoms with Crippen LogP contribution in [0, 0.1) is 0 Å². The molecule has 0 aliphatic heterocycles. The molecule has 0 bridgehead atoms. The van der Waals surface area contributed by atoms with Crippen molar-refractivity contribution in [1.82, 2.24) is 15.6 Å². The van der Waals surface area contributed by atoms with E-state index in [2.05, 4.69) is 15.6 Å². The fourth-order valence-corrected chi connectivity index (χ4v) is 3.20. The first kappa shape index (κ1) is 16.5. The van der Waals surface area contributed by atoms with Gasteiger partial charge in [0.2, 0.25) is 0 Å². The van der Waals surface area contributed by atoms with Crippen LogP contribution >= 0.6 is 11.3 Å².